The Balaban J connectivity index is 1.41. The van der Waals surface area contributed by atoms with Crippen molar-refractivity contribution in [2.45, 2.75) is 12.5 Å². The van der Waals surface area contributed by atoms with Crippen molar-refractivity contribution in [3.05, 3.63) is 77.6 Å². The molecule has 27 heavy (non-hydrogen) atoms. The number of nitrogens with one attached hydrogen (secondary N) is 3. The van der Waals surface area contributed by atoms with Crippen molar-refractivity contribution in [1.29, 1.82) is 0 Å². The molecule has 2 aromatic carbocycles. The van der Waals surface area contributed by atoms with Crippen molar-refractivity contribution in [3.8, 4) is 5.75 Å². The fraction of sp³-hybridized carbons (Fsp3) is 0.150. The summed E-state index contributed by atoms with van der Waals surface area (Å²) in [5, 5.41) is 12.4. The first kappa shape index (κ1) is 16.8. The average molecular weight is 362 g/mol. The fourth-order valence-corrected chi connectivity index (χ4v) is 2.88. The molecule has 0 fully saturated rings. The van der Waals surface area contributed by atoms with Crippen LogP contribution in [0.5, 0.6) is 5.75 Å². The highest BCUT2D eigenvalue weighted by molar-refractivity contribution is 6.01. The lowest BCUT2D eigenvalue weighted by Gasteiger charge is -2.13. The molecule has 7 nitrogen and oxygen atoms in total. The number of rotatable bonds is 4. The second-order valence-electron chi connectivity index (χ2n) is 6.26. The first-order valence-corrected chi connectivity index (χ1v) is 8.61. The highest BCUT2D eigenvalue weighted by Crippen LogP contribution is 2.26. The first-order valence-electron chi connectivity index (χ1n) is 8.61. The maximum Gasteiger partial charge on any atom is 0.270 e. The lowest BCUT2D eigenvalue weighted by atomic mass is 10.1. The number of hydrogen-bond donors (Lipinski definition) is 3. The summed E-state index contributed by atoms with van der Waals surface area (Å²) in [6, 6.07) is 17.9. The summed E-state index contributed by atoms with van der Waals surface area (Å²) in [7, 11) is 0. The Kier molecular flexibility index (Phi) is 4.57. The lowest BCUT2D eigenvalue weighted by molar-refractivity contribution is -0.118. The van der Waals surface area contributed by atoms with Crippen LogP contribution in [0.3, 0.4) is 0 Å². The minimum Gasteiger partial charge on any atom is -0.489 e. The Bertz CT molecular complexity index is 968. The number of anilines is 1. The predicted octanol–water partition coefficient (Wildman–Crippen LogP) is 2.13. The van der Waals surface area contributed by atoms with Gasteiger partial charge in [-0.1, -0.05) is 42.5 Å². The van der Waals surface area contributed by atoms with Crippen LogP contribution in [0.25, 0.3) is 0 Å². The standard InChI is InChI=1S/C20H18N4O3/c25-19(16-11-14(23-24-16)10-13-6-2-1-3-7-13)22-17-12-27-18-9-5-4-8-15(18)21-20(17)26/h1-9,11,17H,10,12H2,(H,21,26)(H,22,25)(H,23,24). The van der Waals surface area contributed by atoms with E-state index in [1.807, 2.05) is 36.4 Å². The Morgan fingerprint density at radius 1 is 1.15 bits per heavy atom. The van der Waals surface area contributed by atoms with Crippen LogP contribution in [-0.2, 0) is 11.2 Å². The smallest absolute Gasteiger partial charge is 0.270 e. The Labute approximate surface area is 155 Å². The van der Waals surface area contributed by atoms with E-state index in [0.29, 0.717) is 23.6 Å². The Morgan fingerprint density at radius 3 is 2.78 bits per heavy atom. The van der Waals surface area contributed by atoms with Gasteiger partial charge < -0.3 is 15.4 Å². The van der Waals surface area contributed by atoms with Crippen molar-refractivity contribution < 1.29 is 14.3 Å². The van der Waals surface area contributed by atoms with E-state index < -0.39 is 11.9 Å². The molecule has 0 aliphatic carbocycles. The number of nitrogens with zero attached hydrogens (tertiary/aromatic N) is 1. The number of aromatic nitrogens is 2. The zero-order valence-corrected chi connectivity index (χ0v) is 14.4. The number of hydrogen-bond acceptors (Lipinski definition) is 4. The summed E-state index contributed by atoms with van der Waals surface area (Å²) in [6.07, 6.45) is 0.618. The van der Waals surface area contributed by atoms with Crippen LogP contribution in [0.15, 0.2) is 60.7 Å². The Hall–Kier alpha value is -3.61. The number of benzene rings is 2. The van der Waals surface area contributed by atoms with E-state index in [0.717, 1.165) is 11.3 Å². The molecule has 1 aliphatic rings. The highest BCUT2D eigenvalue weighted by Gasteiger charge is 2.27. The van der Waals surface area contributed by atoms with Crippen molar-refractivity contribution in [3.63, 3.8) is 0 Å². The number of H-pyrrole nitrogens is 1. The van der Waals surface area contributed by atoms with E-state index >= 15 is 0 Å². The summed E-state index contributed by atoms with van der Waals surface area (Å²) in [4.78, 5) is 24.9. The summed E-state index contributed by atoms with van der Waals surface area (Å²) >= 11 is 0. The van der Waals surface area contributed by atoms with Gasteiger partial charge in [0.1, 0.15) is 24.1 Å². The summed E-state index contributed by atoms with van der Waals surface area (Å²) in [5.41, 5.74) is 2.74. The maximum absolute atomic E-state index is 12.5. The first-order chi connectivity index (χ1) is 13.2. The SMILES string of the molecule is O=C(NC1COc2ccccc2NC1=O)c1cc(Cc2ccccc2)n[nH]1. The maximum atomic E-state index is 12.5. The van der Waals surface area contributed by atoms with E-state index in [2.05, 4.69) is 20.8 Å². The number of ether oxygens (including phenoxy) is 1. The Morgan fingerprint density at radius 2 is 1.93 bits per heavy atom. The molecule has 0 radical (unpaired) electrons. The third-order valence-electron chi connectivity index (χ3n) is 4.28. The van der Waals surface area contributed by atoms with Crippen LogP contribution in [0, 0.1) is 0 Å². The van der Waals surface area contributed by atoms with Gasteiger partial charge in [-0.25, -0.2) is 0 Å². The van der Waals surface area contributed by atoms with Crippen LogP contribution >= 0.6 is 0 Å². The zero-order valence-electron chi connectivity index (χ0n) is 14.4. The van der Waals surface area contributed by atoms with Crippen molar-refractivity contribution in [1.82, 2.24) is 15.5 Å². The zero-order chi connectivity index (χ0) is 18.6. The molecular weight excluding hydrogens is 344 g/mol. The molecule has 0 bridgehead atoms. The van der Waals surface area contributed by atoms with Crippen molar-refractivity contribution >= 4 is 17.5 Å². The molecule has 0 spiro atoms. The van der Waals surface area contributed by atoms with E-state index in [1.54, 1.807) is 24.3 Å². The second-order valence-corrected chi connectivity index (χ2v) is 6.26. The molecule has 0 saturated carbocycles. The number of para-hydroxylation sites is 2. The molecule has 1 aliphatic heterocycles. The second kappa shape index (κ2) is 7.33. The lowest BCUT2D eigenvalue weighted by Crippen LogP contribution is -2.46. The third kappa shape index (κ3) is 3.82. The monoisotopic (exact) mass is 362 g/mol. The fourth-order valence-electron chi connectivity index (χ4n) is 2.88. The van der Waals surface area contributed by atoms with Gasteiger partial charge in [0.2, 0.25) is 0 Å². The van der Waals surface area contributed by atoms with Crippen molar-refractivity contribution in [2.75, 3.05) is 11.9 Å². The number of fused-ring (bicyclic) bond motifs is 1. The molecule has 136 valence electrons. The molecular formula is C20H18N4O3. The molecule has 4 rings (SSSR count). The molecule has 3 aromatic rings. The molecule has 7 heteroatoms. The summed E-state index contributed by atoms with van der Waals surface area (Å²) in [6.45, 7) is 0.0552. The van der Waals surface area contributed by atoms with Crippen molar-refractivity contribution in [2.24, 2.45) is 0 Å². The topological polar surface area (TPSA) is 96.1 Å². The van der Waals surface area contributed by atoms with Gasteiger partial charge in [-0.2, -0.15) is 5.10 Å². The quantitative estimate of drug-likeness (QED) is 0.662. The van der Waals surface area contributed by atoms with Gasteiger partial charge in [-0.3, -0.25) is 14.7 Å². The third-order valence-corrected chi connectivity index (χ3v) is 4.28. The predicted molar refractivity (Wildman–Crippen MR) is 99.7 cm³/mol. The minimum absolute atomic E-state index is 0.0552. The molecule has 2 heterocycles. The number of carbonyl (C=O) groups is 2. The van der Waals surface area contributed by atoms with E-state index in [9.17, 15) is 9.59 Å². The molecule has 1 unspecified atom stereocenters. The van der Waals surface area contributed by atoms with Crippen LogP contribution in [-0.4, -0.2) is 34.7 Å². The number of aromatic amines is 1. The molecule has 3 N–H and O–H groups in total. The van der Waals surface area contributed by atoms with E-state index in [-0.39, 0.29) is 12.5 Å². The normalized spacial score (nSPS) is 15.9. The van der Waals surface area contributed by atoms with Crippen LogP contribution < -0.4 is 15.4 Å². The van der Waals surface area contributed by atoms with Crippen LogP contribution in [0.1, 0.15) is 21.7 Å². The average Bonchev–Trinajstić information content (AvgIpc) is 3.09. The van der Waals surface area contributed by atoms with Gasteiger partial charge in [0.15, 0.2) is 0 Å². The van der Waals surface area contributed by atoms with Gasteiger partial charge >= 0.3 is 0 Å². The largest absolute Gasteiger partial charge is 0.489 e. The van der Waals surface area contributed by atoms with E-state index in [4.69, 9.17) is 4.74 Å². The van der Waals surface area contributed by atoms with Gasteiger partial charge in [0.25, 0.3) is 11.8 Å². The molecule has 0 saturated heterocycles. The number of carbonyl (C=O) groups excluding carboxylic acids is 2. The summed E-state index contributed by atoms with van der Waals surface area (Å²) < 4.78 is 5.63. The summed E-state index contributed by atoms with van der Waals surface area (Å²) in [5.74, 6) is -0.150. The highest BCUT2D eigenvalue weighted by atomic mass is 16.5. The molecule has 1 aromatic heterocycles. The van der Waals surface area contributed by atoms with Gasteiger partial charge in [0, 0.05) is 6.42 Å². The van der Waals surface area contributed by atoms with E-state index in [1.165, 1.54) is 0 Å². The van der Waals surface area contributed by atoms with Gasteiger partial charge in [-0.15, -0.1) is 0 Å². The minimum atomic E-state index is -0.800. The van der Waals surface area contributed by atoms with Gasteiger partial charge in [0.05, 0.1) is 11.4 Å². The van der Waals surface area contributed by atoms with Crippen LogP contribution in [0.2, 0.25) is 0 Å². The molecule has 2 amide bonds. The molecule has 1 atom stereocenters. The number of amides is 2. The van der Waals surface area contributed by atoms with Crippen LogP contribution in [0.4, 0.5) is 5.69 Å². The van der Waals surface area contributed by atoms with Gasteiger partial charge in [-0.05, 0) is 23.8 Å².